The van der Waals surface area contributed by atoms with E-state index in [4.69, 9.17) is 11.6 Å². The number of halogens is 1. The van der Waals surface area contributed by atoms with Crippen molar-refractivity contribution in [3.8, 4) is 0 Å². The molecule has 21 heavy (non-hydrogen) atoms. The summed E-state index contributed by atoms with van der Waals surface area (Å²) >= 11 is 6.27. The Balaban J connectivity index is 2.03. The highest BCUT2D eigenvalue weighted by Gasteiger charge is 2.17. The molecule has 2 rings (SSSR count). The van der Waals surface area contributed by atoms with Gasteiger partial charge in [-0.1, -0.05) is 31.9 Å². The van der Waals surface area contributed by atoms with Crippen LogP contribution in [-0.2, 0) is 6.54 Å². The Morgan fingerprint density at radius 2 is 2.19 bits per heavy atom. The fraction of sp³-hybridized carbons (Fsp3) is 0.706. The fourth-order valence-corrected chi connectivity index (χ4v) is 3.15. The lowest BCUT2D eigenvalue weighted by molar-refractivity contribution is 0.459. The van der Waals surface area contributed by atoms with Crippen LogP contribution in [0.4, 0.5) is 5.82 Å². The van der Waals surface area contributed by atoms with Crippen LogP contribution in [-0.4, -0.2) is 24.6 Å². The Kier molecular flexibility index (Phi) is 6.78. The van der Waals surface area contributed by atoms with Gasteiger partial charge in [-0.2, -0.15) is 0 Å². The maximum Gasteiger partial charge on any atom is 0.128 e. The van der Waals surface area contributed by atoms with Gasteiger partial charge in [0.25, 0.3) is 0 Å². The van der Waals surface area contributed by atoms with Gasteiger partial charge in [-0.05, 0) is 49.8 Å². The number of pyridine rings is 1. The molecule has 1 aromatic rings. The van der Waals surface area contributed by atoms with Gasteiger partial charge in [0.15, 0.2) is 0 Å². The van der Waals surface area contributed by atoms with Gasteiger partial charge in [-0.3, -0.25) is 0 Å². The van der Waals surface area contributed by atoms with Crippen molar-refractivity contribution >= 4 is 17.4 Å². The van der Waals surface area contributed by atoms with Gasteiger partial charge in [0, 0.05) is 25.8 Å². The molecule has 1 N–H and O–H groups in total. The van der Waals surface area contributed by atoms with E-state index < -0.39 is 0 Å². The first-order valence-corrected chi connectivity index (χ1v) is 8.72. The summed E-state index contributed by atoms with van der Waals surface area (Å²) in [6, 6.07) is 2.16. The van der Waals surface area contributed by atoms with Gasteiger partial charge in [0.05, 0.1) is 5.02 Å². The molecule has 3 nitrogen and oxygen atoms in total. The van der Waals surface area contributed by atoms with Crippen LogP contribution in [0.25, 0.3) is 0 Å². The molecule has 1 fully saturated rings. The molecule has 1 aromatic heterocycles. The predicted molar refractivity (Wildman–Crippen MR) is 91.1 cm³/mol. The molecular weight excluding hydrogens is 282 g/mol. The minimum absolute atomic E-state index is 0.767. The zero-order valence-electron chi connectivity index (χ0n) is 13.4. The maximum atomic E-state index is 6.27. The Hall–Kier alpha value is -0.800. The number of rotatable bonds is 6. The Labute approximate surface area is 134 Å². The molecule has 1 atom stereocenters. The van der Waals surface area contributed by atoms with Crippen molar-refractivity contribution in [3.63, 3.8) is 0 Å². The van der Waals surface area contributed by atoms with E-state index >= 15 is 0 Å². The van der Waals surface area contributed by atoms with E-state index in [1.54, 1.807) is 0 Å². The molecule has 0 aliphatic carbocycles. The molecule has 1 unspecified atom stereocenters. The normalized spacial score (nSPS) is 19.6. The minimum atomic E-state index is 0.767. The number of aromatic nitrogens is 1. The average molecular weight is 310 g/mol. The Morgan fingerprint density at radius 1 is 1.33 bits per heavy atom. The minimum Gasteiger partial charge on any atom is -0.357 e. The van der Waals surface area contributed by atoms with Gasteiger partial charge in [-0.15, -0.1) is 0 Å². The third-order valence-corrected chi connectivity index (χ3v) is 4.75. The number of nitrogens with zero attached hydrogens (tertiary/aromatic N) is 2. The Morgan fingerprint density at radius 3 is 2.95 bits per heavy atom. The van der Waals surface area contributed by atoms with E-state index in [-0.39, 0.29) is 0 Å². The summed E-state index contributed by atoms with van der Waals surface area (Å²) in [5.74, 6) is 1.97. The van der Waals surface area contributed by atoms with Crippen molar-refractivity contribution < 1.29 is 0 Å². The molecule has 0 saturated carbocycles. The molecule has 1 saturated heterocycles. The molecular formula is C17H28ClN3. The van der Waals surface area contributed by atoms with Gasteiger partial charge < -0.3 is 10.2 Å². The highest BCUT2D eigenvalue weighted by atomic mass is 35.5. The maximum absolute atomic E-state index is 6.27. The van der Waals surface area contributed by atoms with Crippen LogP contribution in [0.3, 0.4) is 0 Å². The highest BCUT2D eigenvalue weighted by Crippen LogP contribution is 2.25. The summed E-state index contributed by atoms with van der Waals surface area (Å²) in [5.41, 5.74) is 1.16. The quantitative estimate of drug-likeness (QED) is 0.796. The molecule has 1 aliphatic heterocycles. The monoisotopic (exact) mass is 309 g/mol. The summed E-state index contributed by atoms with van der Waals surface area (Å²) in [5, 5.41) is 4.19. The first-order chi connectivity index (χ1) is 10.2. The molecule has 0 aromatic carbocycles. The van der Waals surface area contributed by atoms with Crippen molar-refractivity contribution in [1.29, 1.82) is 0 Å². The van der Waals surface area contributed by atoms with Crippen molar-refractivity contribution in [2.24, 2.45) is 5.92 Å². The zero-order valence-corrected chi connectivity index (χ0v) is 14.1. The lowest BCUT2D eigenvalue weighted by atomic mass is 9.98. The lowest BCUT2D eigenvalue weighted by Gasteiger charge is -2.22. The summed E-state index contributed by atoms with van der Waals surface area (Å²) in [6.07, 6.45) is 8.15. The average Bonchev–Trinajstić information content (AvgIpc) is 2.75. The zero-order chi connectivity index (χ0) is 15.1. The van der Waals surface area contributed by atoms with Crippen molar-refractivity contribution in [2.45, 2.75) is 52.5 Å². The standard InChI is InChI=1S/C17H28ClN3/c1-3-8-19-12-15-11-17(20-13-16(15)18)21-9-5-6-14(4-2)7-10-21/h11,13-14,19H,3-10,12H2,1-2H3. The summed E-state index contributed by atoms with van der Waals surface area (Å²) in [7, 11) is 0. The first kappa shape index (κ1) is 16.6. The molecule has 2 heterocycles. The fourth-order valence-electron chi connectivity index (χ4n) is 2.98. The van der Waals surface area contributed by atoms with Crippen LogP contribution in [0, 0.1) is 5.92 Å². The number of hydrogen-bond donors (Lipinski definition) is 1. The van der Waals surface area contributed by atoms with Crippen LogP contribution >= 0.6 is 11.6 Å². The van der Waals surface area contributed by atoms with Gasteiger partial charge in [0.2, 0.25) is 0 Å². The Bertz CT molecular complexity index is 436. The van der Waals surface area contributed by atoms with E-state index in [0.717, 1.165) is 54.9 Å². The van der Waals surface area contributed by atoms with Crippen LogP contribution in [0.1, 0.15) is 51.5 Å². The van der Waals surface area contributed by atoms with E-state index in [1.165, 1.54) is 25.7 Å². The molecule has 4 heteroatoms. The highest BCUT2D eigenvalue weighted by molar-refractivity contribution is 6.31. The molecule has 0 amide bonds. The summed E-state index contributed by atoms with van der Waals surface area (Å²) in [6.45, 7) is 8.57. The molecule has 0 bridgehead atoms. The second kappa shape index (κ2) is 8.60. The second-order valence-corrected chi connectivity index (χ2v) is 6.41. The smallest absolute Gasteiger partial charge is 0.128 e. The van der Waals surface area contributed by atoms with E-state index in [0.29, 0.717) is 0 Å². The molecule has 0 spiro atoms. The van der Waals surface area contributed by atoms with Crippen LogP contribution in [0.15, 0.2) is 12.3 Å². The van der Waals surface area contributed by atoms with Gasteiger partial charge >= 0.3 is 0 Å². The number of anilines is 1. The van der Waals surface area contributed by atoms with E-state index in [9.17, 15) is 0 Å². The summed E-state index contributed by atoms with van der Waals surface area (Å²) < 4.78 is 0. The van der Waals surface area contributed by atoms with Crippen molar-refractivity contribution in [1.82, 2.24) is 10.3 Å². The molecule has 118 valence electrons. The summed E-state index contributed by atoms with van der Waals surface area (Å²) in [4.78, 5) is 6.98. The third kappa shape index (κ3) is 4.86. The lowest BCUT2D eigenvalue weighted by Crippen LogP contribution is -2.25. The topological polar surface area (TPSA) is 28.2 Å². The first-order valence-electron chi connectivity index (χ1n) is 8.34. The van der Waals surface area contributed by atoms with Gasteiger partial charge in [0.1, 0.15) is 5.82 Å². The number of nitrogens with one attached hydrogen (secondary N) is 1. The second-order valence-electron chi connectivity index (χ2n) is 6.00. The third-order valence-electron chi connectivity index (χ3n) is 4.41. The van der Waals surface area contributed by atoms with E-state index in [1.807, 2.05) is 6.20 Å². The van der Waals surface area contributed by atoms with Crippen LogP contribution < -0.4 is 10.2 Å². The largest absolute Gasteiger partial charge is 0.357 e. The molecule has 1 aliphatic rings. The van der Waals surface area contributed by atoms with Crippen molar-refractivity contribution in [2.75, 3.05) is 24.5 Å². The van der Waals surface area contributed by atoms with Crippen LogP contribution in [0.5, 0.6) is 0 Å². The van der Waals surface area contributed by atoms with Crippen molar-refractivity contribution in [3.05, 3.63) is 22.8 Å². The number of hydrogen-bond acceptors (Lipinski definition) is 3. The van der Waals surface area contributed by atoms with E-state index in [2.05, 4.69) is 35.1 Å². The SMILES string of the molecule is CCCNCc1cc(N2CCCC(CC)CC2)ncc1Cl. The predicted octanol–water partition coefficient (Wildman–Crippen LogP) is 4.25. The molecule has 0 radical (unpaired) electrons. The van der Waals surface area contributed by atoms with Gasteiger partial charge in [-0.25, -0.2) is 4.98 Å². The van der Waals surface area contributed by atoms with Crippen LogP contribution in [0.2, 0.25) is 5.02 Å².